The van der Waals surface area contributed by atoms with E-state index in [1.165, 1.54) is 22.7 Å². The summed E-state index contributed by atoms with van der Waals surface area (Å²) < 4.78 is 0. The zero-order chi connectivity index (χ0) is 24.0. The highest BCUT2D eigenvalue weighted by Crippen LogP contribution is 2.54. The second-order valence-electron chi connectivity index (χ2n) is 9.07. The second-order valence-corrected chi connectivity index (χ2v) is 11.4. The van der Waals surface area contributed by atoms with Gasteiger partial charge in [0.25, 0.3) is 0 Å². The lowest BCUT2D eigenvalue weighted by atomic mass is 9.79. The van der Waals surface area contributed by atoms with Crippen LogP contribution in [0.25, 0.3) is 0 Å². The monoisotopic (exact) mass is 512 g/mol. The lowest BCUT2D eigenvalue weighted by Crippen LogP contribution is -2.49. The lowest BCUT2D eigenvalue weighted by Gasteiger charge is -2.36. The van der Waals surface area contributed by atoms with Crippen molar-refractivity contribution in [1.29, 1.82) is 0 Å². The number of thiophene rings is 2. The van der Waals surface area contributed by atoms with Gasteiger partial charge < -0.3 is 10.6 Å². The minimum atomic E-state index is -0.897. The Bertz CT molecular complexity index is 1230. The standard InChI is InChI=1S/C26H25ClN2O3S2/c1-14-10-12-34-24(14)21-20(23(30)16-7-3-8-17(27)13-16)19(18-9-4-11-33-18)22(25(28)31)29(21)26(32)15-5-2-6-15/h3-4,7-13,15,19-22H,2,5-6H2,1H3,(H2,28,31). The van der Waals surface area contributed by atoms with Crippen molar-refractivity contribution >= 4 is 51.9 Å². The van der Waals surface area contributed by atoms with Crippen LogP contribution in [0.4, 0.5) is 0 Å². The lowest BCUT2D eigenvalue weighted by molar-refractivity contribution is -0.145. The number of aryl methyl sites for hydroxylation is 1. The van der Waals surface area contributed by atoms with Crippen molar-refractivity contribution in [3.63, 3.8) is 0 Å². The number of likely N-dealkylation sites (tertiary alicyclic amines) is 1. The van der Waals surface area contributed by atoms with Crippen LogP contribution in [0, 0.1) is 18.8 Å². The minimum Gasteiger partial charge on any atom is -0.368 e. The first-order valence-electron chi connectivity index (χ1n) is 11.4. The molecule has 3 heterocycles. The van der Waals surface area contributed by atoms with Gasteiger partial charge >= 0.3 is 0 Å². The Balaban J connectivity index is 1.73. The van der Waals surface area contributed by atoms with E-state index in [1.807, 2.05) is 35.9 Å². The smallest absolute Gasteiger partial charge is 0.240 e. The normalized spacial score (nSPS) is 24.7. The number of primary amides is 1. The Kier molecular flexibility index (Phi) is 6.35. The van der Waals surface area contributed by atoms with E-state index in [0.717, 1.165) is 34.6 Å². The molecule has 4 atom stereocenters. The van der Waals surface area contributed by atoms with Crippen molar-refractivity contribution < 1.29 is 14.4 Å². The van der Waals surface area contributed by atoms with Gasteiger partial charge in [-0.1, -0.05) is 36.2 Å². The van der Waals surface area contributed by atoms with E-state index in [9.17, 15) is 14.4 Å². The highest BCUT2D eigenvalue weighted by Gasteiger charge is 2.58. The van der Waals surface area contributed by atoms with Crippen LogP contribution < -0.4 is 5.73 Å². The van der Waals surface area contributed by atoms with Crippen molar-refractivity contribution in [3.05, 3.63) is 79.1 Å². The van der Waals surface area contributed by atoms with Crippen LogP contribution in [-0.4, -0.2) is 28.5 Å². The predicted octanol–water partition coefficient (Wildman–Crippen LogP) is 5.59. The summed E-state index contributed by atoms with van der Waals surface area (Å²) in [6, 6.07) is 11.2. The maximum Gasteiger partial charge on any atom is 0.240 e. The van der Waals surface area contributed by atoms with Gasteiger partial charge in [-0.25, -0.2) is 0 Å². The van der Waals surface area contributed by atoms with Gasteiger partial charge in [0.05, 0.1) is 12.0 Å². The van der Waals surface area contributed by atoms with E-state index in [4.69, 9.17) is 17.3 Å². The van der Waals surface area contributed by atoms with Crippen molar-refractivity contribution in [2.24, 2.45) is 17.6 Å². The van der Waals surface area contributed by atoms with Gasteiger partial charge in [0.1, 0.15) is 6.04 Å². The number of carbonyl (C=O) groups is 3. The molecule has 8 heteroatoms. The van der Waals surface area contributed by atoms with Gasteiger partial charge in [0.15, 0.2) is 5.78 Å². The summed E-state index contributed by atoms with van der Waals surface area (Å²) in [4.78, 5) is 44.5. The molecule has 34 heavy (non-hydrogen) atoms. The van der Waals surface area contributed by atoms with Crippen LogP contribution in [-0.2, 0) is 9.59 Å². The molecule has 2 N–H and O–H groups in total. The first kappa shape index (κ1) is 23.3. The summed E-state index contributed by atoms with van der Waals surface area (Å²) in [6.07, 6.45) is 2.59. The van der Waals surface area contributed by atoms with Crippen LogP contribution >= 0.6 is 34.3 Å². The Hall–Kier alpha value is -2.48. The zero-order valence-corrected chi connectivity index (χ0v) is 21.0. The number of nitrogens with two attached hydrogens (primary N) is 1. The number of carbonyl (C=O) groups excluding carboxylic acids is 3. The molecular formula is C26H25ClN2O3S2. The molecule has 1 aromatic carbocycles. The number of Topliss-reactive ketones (excluding diaryl/α,β-unsaturated/α-hetero) is 1. The van der Waals surface area contributed by atoms with Crippen molar-refractivity contribution in [2.45, 2.75) is 44.2 Å². The highest BCUT2D eigenvalue weighted by molar-refractivity contribution is 7.10. The van der Waals surface area contributed by atoms with Gasteiger partial charge in [0, 0.05) is 32.2 Å². The molecule has 3 aromatic rings. The van der Waals surface area contributed by atoms with Gasteiger partial charge in [-0.2, -0.15) is 0 Å². The molecule has 1 aliphatic heterocycles. The van der Waals surface area contributed by atoms with E-state index in [2.05, 4.69) is 0 Å². The van der Waals surface area contributed by atoms with Crippen LogP contribution in [0.1, 0.15) is 56.9 Å². The molecule has 1 saturated heterocycles. The van der Waals surface area contributed by atoms with E-state index >= 15 is 0 Å². The molecule has 4 unspecified atom stereocenters. The summed E-state index contributed by atoms with van der Waals surface area (Å²) in [5, 5.41) is 4.36. The summed E-state index contributed by atoms with van der Waals surface area (Å²) in [6.45, 7) is 1.98. The van der Waals surface area contributed by atoms with Crippen molar-refractivity contribution in [1.82, 2.24) is 4.90 Å². The van der Waals surface area contributed by atoms with Gasteiger partial charge in [-0.15, -0.1) is 22.7 Å². The number of halogens is 1. The molecule has 0 radical (unpaired) electrons. The first-order valence-corrected chi connectivity index (χ1v) is 13.5. The first-order chi connectivity index (χ1) is 16.4. The highest BCUT2D eigenvalue weighted by atomic mass is 35.5. The molecule has 1 aliphatic carbocycles. The third kappa shape index (κ3) is 3.89. The third-order valence-corrected chi connectivity index (χ3v) is 9.42. The molecule has 5 nitrogen and oxygen atoms in total. The number of hydrogen-bond acceptors (Lipinski definition) is 5. The summed E-state index contributed by atoms with van der Waals surface area (Å²) in [5.74, 6) is -2.10. The number of benzene rings is 1. The predicted molar refractivity (Wildman–Crippen MR) is 135 cm³/mol. The Morgan fingerprint density at radius 3 is 2.41 bits per heavy atom. The number of nitrogens with zero attached hydrogens (tertiary/aromatic N) is 1. The van der Waals surface area contributed by atoms with E-state index in [0.29, 0.717) is 10.6 Å². The Labute approximate surface area is 211 Å². The SMILES string of the molecule is Cc1ccsc1C1C(C(=O)c2cccc(Cl)c2)C(c2cccs2)C(C(N)=O)N1C(=O)C1CCC1. The molecule has 0 spiro atoms. The molecule has 176 valence electrons. The molecular weight excluding hydrogens is 488 g/mol. The fraction of sp³-hybridized carbons (Fsp3) is 0.346. The largest absolute Gasteiger partial charge is 0.368 e. The van der Waals surface area contributed by atoms with Gasteiger partial charge in [-0.3, -0.25) is 14.4 Å². The molecule has 0 bridgehead atoms. The molecule has 2 aliphatic rings. The fourth-order valence-electron chi connectivity index (χ4n) is 5.30. The number of amides is 2. The van der Waals surface area contributed by atoms with E-state index < -0.39 is 29.8 Å². The average molecular weight is 513 g/mol. The Morgan fingerprint density at radius 2 is 1.85 bits per heavy atom. The van der Waals surface area contributed by atoms with Crippen LogP contribution in [0.2, 0.25) is 5.02 Å². The van der Waals surface area contributed by atoms with Crippen LogP contribution in [0.3, 0.4) is 0 Å². The fourth-order valence-corrected chi connectivity index (χ4v) is 7.46. The number of ketones is 1. The van der Waals surface area contributed by atoms with Gasteiger partial charge in [-0.05, 0) is 60.4 Å². The summed E-state index contributed by atoms with van der Waals surface area (Å²) >= 11 is 9.23. The molecule has 2 amide bonds. The third-order valence-electron chi connectivity index (χ3n) is 7.12. The quantitative estimate of drug-likeness (QED) is 0.437. The van der Waals surface area contributed by atoms with Crippen LogP contribution in [0.5, 0.6) is 0 Å². The van der Waals surface area contributed by atoms with E-state index in [-0.39, 0.29) is 17.6 Å². The number of hydrogen-bond donors (Lipinski definition) is 1. The van der Waals surface area contributed by atoms with E-state index in [1.54, 1.807) is 29.2 Å². The summed E-state index contributed by atoms with van der Waals surface area (Å²) in [5.41, 5.74) is 7.48. The van der Waals surface area contributed by atoms with Crippen molar-refractivity contribution in [2.75, 3.05) is 0 Å². The second kappa shape index (κ2) is 9.29. The molecule has 2 fully saturated rings. The van der Waals surface area contributed by atoms with Gasteiger partial charge in [0.2, 0.25) is 11.8 Å². The zero-order valence-electron chi connectivity index (χ0n) is 18.6. The average Bonchev–Trinajstić information content (AvgIpc) is 3.49. The summed E-state index contributed by atoms with van der Waals surface area (Å²) in [7, 11) is 0. The number of rotatable bonds is 6. The topological polar surface area (TPSA) is 80.5 Å². The van der Waals surface area contributed by atoms with Crippen molar-refractivity contribution in [3.8, 4) is 0 Å². The minimum absolute atomic E-state index is 0.0733. The Morgan fingerprint density at radius 1 is 1.06 bits per heavy atom. The molecule has 1 saturated carbocycles. The van der Waals surface area contributed by atoms with Crippen LogP contribution in [0.15, 0.2) is 53.2 Å². The maximum absolute atomic E-state index is 14.2. The molecule has 5 rings (SSSR count). The maximum atomic E-state index is 14.2. The molecule has 2 aromatic heterocycles.